The molecule has 1 rings (SSSR count). The van der Waals surface area contributed by atoms with Gasteiger partial charge in [-0.25, -0.2) is 8.78 Å². The SMILES string of the molecule is CNCCCNC(=O)c1c(F)cccc1F.Cl. The third-order valence-corrected chi connectivity index (χ3v) is 2.08. The summed E-state index contributed by atoms with van der Waals surface area (Å²) >= 11 is 0. The highest BCUT2D eigenvalue weighted by molar-refractivity contribution is 5.94. The Morgan fingerprint density at radius 2 is 1.82 bits per heavy atom. The normalized spacial score (nSPS) is 9.59. The number of rotatable bonds is 5. The Bertz CT molecular complexity index is 354. The third-order valence-electron chi connectivity index (χ3n) is 2.08. The van der Waals surface area contributed by atoms with E-state index in [1.54, 1.807) is 7.05 Å². The fourth-order valence-electron chi connectivity index (χ4n) is 1.27. The number of halogens is 3. The van der Waals surface area contributed by atoms with Crippen LogP contribution in [0.25, 0.3) is 0 Å². The molecule has 0 aliphatic rings. The second kappa shape index (κ2) is 7.97. The zero-order valence-electron chi connectivity index (χ0n) is 9.43. The smallest absolute Gasteiger partial charge is 0.257 e. The van der Waals surface area contributed by atoms with Crippen LogP contribution >= 0.6 is 12.4 Å². The van der Waals surface area contributed by atoms with E-state index in [0.29, 0.717) is 13.0 Å². The lowest BCUT2D eigenvalue weighted by molar-refractivity contribution is 0.0945. The van der Waals surface area contributed by atoms with Gasteiger partial charge in [0.15, 0.2) is 0 Å². The molecule has 1 amide bonds. The highest BCUT2D eigenvalue weighted by Crippen LogP contribution is 2.11. The molecule has 3 nitrogen and oxygen atoms in total. The quantitative estimate of drug-likeness (QED) is 0.796. The van der Waals surface area contributed by atoms with Gasteiger partial charge in [-0.3, -0.25) is 4.79 Å². The molecule has 0 unspecified atom stereocenters. The zero-order valence-corrected chi connectivity index (χ0v) is 10.2. The molecule has 0 heterocycles. The molecule has 0 atom stereocenters. The standard InChI is InChI=1S/C11H14F2N2O.ClH/c1-14-6-3-7-15-11(16)10-8(12)4-2-5-9(10)13;/h2,4-5,14H,3,6-7H2,1H3,(H,15,16);1H. The topological polar surface area (TPSA) is 41.1 Å². The summed E-state index contributed by atoms with van der Waals surface area (Å²) in [6, 6.07) is 3.35. The van der Waals surface area contributed by atoms with E-state index < -0.39 is 23.1 Å². The first-order valence-electron chi connectivity index (χ1n) is 5.03. The van der Waals surface area contributed by atoms with Crippen molar-refractivity contribution in [1.29, 1.82) is 0 Å². The summed E-state index contributed by atoms with van der Waals surface area (Å²) in [7, 11) is 1.79. The van der Waals surface area contributed by atoms with E-state index in [9.17, 15) is 13.6 Å². The molecule has 96 valence electrons. The predicted octanol–water partition coefficient (Wildman–Crippen LogP) is 1.73. The molecule has 0 aliphatic heterocycles. The van der Waals surface area contributed by atoms with Gasteiger partial charge in [-0.05, 0) is 32.1 Å². The maximum Gasteiger partial charge on any atom is 0.257 e. The van der Waals surface area contributed by atoms with E-state index in [4.69, 9.17) is 0 Å². The van der Waals surface area contributed by atoms with Gasteiger partial charge in [-0.2, -0.15) is 0 Å². The lowest BCUT2D eigenvalue weighted by Gasteiger charge is -2.06. The van der Waals surface area contributed by atoms with Gasteiger partial charge in [-0.15, -0.1) is 12.4 Å². The summed E-state index contributed by atoms with van der Waals surface area (Å²) in [4.78, 5) is 11.4. The molecule has 0 radical (unpaired) electrons. The van der Waals surface area contributed by atoms with Gasteiger partial charge >= 0.3 is 0 Å². The van der Waals surface area contributed by atoms with Crippen molar-refractivity contribution in [3.05, 3.63) is 35.4 Å². The predicted molar refractivity (Wildman–Crippen MR) is 64.5 cm³/mol. The number of benzene rings is 1. The third kappa shape index (κ3) is 4.66. The van der Waals surface area contributed by atoms with E-state index >= 15 is 0 Å². The van der Waals surface area contributed by atoms with Crippen LogP contribution in [-0.2, 0) is 0 Å². The molecule has 0 saturated carbocycles. The Labute approximate surface area is 105 Å². The van der Waals surface area contributed by atoms with Crippen LogP contribution in [0.3, 0.4) is 0 Å². The second-order valence-corrected chi connectivity index (χ2v) is 3.31. The van der Waals surface area contributed by atoms with Crippen LogP contribution in [0.2, 0.25) is 0 Å². The van der Waals surface area contributed by atoms with Crippen LogP contribution in [0, 0.1) is 11.6 Å². The minimum Gasteiger partial charge on any atom is -0.352 e. The van der Waals surface area contributed by atoms with E-state index in [0.717, 1.165) is 18.7 Å². The van der Waals surface area contributed by atoms with Crippen molar-refractivity contribution in [2.24, 2.45) is 0 Å². The maximum atomic E-state index is 13.2. The van der Waals surface area contributed by atoms with Crippen molar-refractivity contribution >= 4 is 18.3 Å². The molecular formula is C11H15ClF2N2O. The molecule has 0 spiro atoms. The molecule has 17 heavy (non-hydrogen) atoms. The number of carbonyl (C=O) groups excluding carboxylic acids is 1. The lowest BCUT2D eigenvalue weighted by Crippen LogP contribution is -2.28. The monoisotopic (exact) mass is 264 g/mol. The highest BCUT2D eigenvalue weighted by Gasteiger charge is 2.15. The van der Waals surface area contributed by atoms with Gasteiger partial charge in [0.2, 0.25) is 0 Å². The van der Waals surface area contributed by atoms with E-state index in [-0.39, 0.29) is 12.4 Å². The van der Waals surface area contributed by atoms with Crippen molar-refractivity contribution in [2.75, 3.05) is 20.1 Å². The molecule has 1 aromatic rings. The number of nitrogens with one attached hydrogen (secondary N) is 2. The lowest BCUT2D eigenvalue weighted by atomic mass is 10.2. The fourth-order valence-corrected chi connectivity index (χ4v) is 1.27. The summed E-state index contributed by atoms with van der Waals surface area (Å²) in [5.74, 6) is -2.40. The van der Waals surface area contributed by atoms with Crippen LogP contribution in [0.5, 0.6) is 0 Å². The largest absolute Gasteiger partial charge is 0.352 e. The van der Waals surface area contributed by atoms with Crippen molar-refractivity contribution in [3.8, 4) is 0 Å². The molecular weight excluding hydrogens is 250 g/mol. The minimum absolute atomic E-state index is 0. The molecule has 0 saturated heterocycles. The molecule has 1 aromatic carbocycles. The van der Waals surface area contributed by atoms with Crippen LogP contribution in [-0.4, -0.2) is 26.0 Å². The average Bonchev–Trinajstić information content (AvgIpc) is 2.24. The molecule has 0 aliphatic carbocycles. The Morgan fingerprint density at radius 3 is 2.35 bits per heavy atom. The van der Waals surface area contributed by atoms with Gasteiger partial charge in [0.25, 0.3) is 5.91 Å². The average molecular weight is 265 g/mol. The van der Waals surface area contributed by atoms with Gasteiger partial charge in [-0.1, -0.05) is 6.07 Å². The van der Waals surface area contributed by atoms with Crippen molar-refractivity contribution in [1.82, 2.24) is 10.6 Å². The van der Waals surface area contributed by atoms with Gasteiger partial charge in [0, 0.05) is 6.54 Å². The first-order chi connectivity index (χ1) is 7.66. The summed E-state index contributed by atoms with van der Waals surface area (Å²) in [6.07, 6.45) is 0.707. The van der Waals surface area contributed by atoms with Crippen LogP contribution in [0.15, 0.2) is 18.2 Å². The number of carbonyl (C=O) groups is 1. The number of hydrogen-bond donors (Lipinski definition) is 2. The first kappa shape index (κ1) is 15.8. The Hall–Kier alpha value is -1.20. The second-order valence-electron chi connectivity index (χ2n) is 3.31. The van der Waals surface area contributed by atoms with Crippen molar-refractivity contribution in [2.45, 2.75) is 6.42 Å². The number of hydrogen-bond acceptors (Lipinski definition) is 2. The Morgan fingerprint density at radius 1 is 1.24 bits per heavy atom. The van der Waals surface area contributed by atoms with E-state index in [1.807, 2.05) is 0 Å². The van der Waals surface area contributed by atoms with Crippen LogP contribution < -0.4 is 10.6 Å². The van der Waals surface area contributed by atoms with Crippen molar-refractivity contribution in [3.63, 3.8) is 0 Å². The highest BCUT2D eigenvalue weighted by atomic mass is 35.5. The van der Waals surface area contributed by atoms with Crippen molar-refractivity contribution < 1.29 is 13.6 Å². The summed E-state index contributed by atoms with van der Waals surface area (Å²) in [5.41, 5.74) is -0.521. The van der Waals surface area contributed by atoms with Gasteiger partial charge in [0.05, 0.1) is 0 Å². The molecule has 2 N–H and O–H groups in total. The number of amides is 1. The molecule has 6 heteroatoms. The Balaban J connectivity index is 0.00000256. The maximum absolute atomic E-state index is 13.2. The van der Waals surface area contributed by atoms with E-state index in [2.05, 4.69) is 10.6 Å². The van der Waals surface area contributed by atoms with Gasteiger partial charge in [0.1, 0.15) is 17.2 Å². The minimum atomic E-state index is -0.842. The zero-order chi connectivity index (χ0) is 12.0. The summed E-state index contributed by atoms with van der Waals surface area (Å²) < 4.78 is 26.3. The van der Waals surface area contributed by atoms with Gasteiger partial charge < -0.3 is 10.6 Å². The van der Waals surface area contributed by atoms with E-state index in [1.165, 1.54) is 6.07 Å². The summed E-state index contributed by atoms with van der Waals surface area (Å²) in [6.45, 7) is 1.12. The summed E-state index contributed by atoms with van der Waals surface area (Å²) in [5, 5.41) is 5.36. The van der Waals surface area contributed by atoms with Crippen LogP contribution in [0.4, 0.5) is 8.78 Å². The molecule has 0 fully saturated rings. The molecule has 0 aromatic heterocycles. The Kier molecular flexibility index (Phi) is 7.41. The van der Waals surface area contributed by atoms with Crippen LogP contribution in [0.1, 0.15) is 16.8 Å². The fraction of sp³-hybridized carbons (Fsp3) is 0.364. The molecule has 0 bridgehead atoms. The first-order valence-corrected chi connectivity index (χ1v) is 5.03.